The van der Waals surface area contributed by atoms with Gasteiger partial charge in [0.05, 0.1) is 18.2 Å². The number of nitriles is 1. The summed E-state index contributed by atoms with van der Waals surface area (Å²) in [7, 11) is 1.70. The normalized spacial score (nSPS) is 9.86. The topological polar surface area (TPSA) is 53.3 Å². The number of rotatable bonds is 5. The molecule has 0 saturated heterocycles. The lowest BCUT2D eigenvalue weighted by molar-refractivity contribution is 0.0773. The van der Waals surface area contributed by atoms with Gasteiger partial charge in [-0.05, 0) is 42.5 Å². The average Bonchev–Trinajstić information content (AvgIpc) is 2.56. The number of halogens is 1. The number of nitrogens with zero attached hydrogens (tertiary/aromatic N) is 2. The van der Waals surface area contributed by atoms with Gasteiger partial charge < -0.3 is 9.64 Å². The third-order valence-corrected chi connectivity index (χ3v) is 3.35. The van der Waals surface area contributed by atoms with Crippen molar-refractivity contribution < 1.29 is 9.53 Å². The standard InChI is InChI=1S/C17H15ClN2O2/c1-20(9-10-22-16-7-5-15(18)6-8-16)17(21)14-4-2-3-13(11-14)12-19/h2-8,11H,9-10H2,1H3. The van der Waals surface area contributed by atoms with Gasteiger partial charge in [-0.3, -0.25) is 4.79 Å². The molecule has 0 radical (unpaired) electrons. The van der Waals surface area contributed by atoms with Crippen LogP contribution in [0.3, 0.4) is 0 Å². The van der Waals surface area contributed by atoms with Crippen LogP contribution in [0.5, 0.6) is 5.75 Å². The molecule has 0 saturated carbocycles. The van der Waals surface area contributed by atoms with Crippen LogP contribution in [0.4, 0.5) is 0 Å². The molecule has 0 spiro atoms. The number of amides is 1. The van der Waals surface area contributed by atoms with E-state index in [0.717, 1.165) is 0 Å². The van der Waals surface area contributed by atoms with Crippen LogP contribution < -0.4 is 4.74 Å². The van der Waals surface area contributed by atoms with Crippen molar-refractivity contribution in [3.05, 3.63) is 64.7 Å². The Hall–Kier alpha value is -2.51. The van der Waals surface area contributed by atoms with E-state index in [4.69, 9.17) is 21.6 Å². The summed E-state index contributed by atoms with van der Waals surface area (Å²) in [6.07, 6.45) is 0. The lowest BCUT2D eigenvalue weighted by atomic mass is 10.1. The van der Waals surface area contributed by atoms with E-state index in [9.17, 15) is 4.79 Å². The maximum absolute atomic E-state index is 12.2. The Kier molecular flexibility index (Phi) is 5.40. The third-order valence-electron chi connectivity index (χ3n) is 3.09. The molecule has 2 rings (SSSR count). The molecule has 4 nitrogen and oxygen atoms in total. The zero-order valence-electron chi connectivity index (χ0n) is 12.1. The molecule has 22 heavy (non-hydrogen) atoms. The molecule has 0 unspecified atom stereocenters. The minimum atomic E-state index is -0.142. The monoisotopic (exact) mass is 314 g/mol. The highest BCUT2D eigenvalue weighted by Gasteiger charge is 2.12. The van der Waals surface area contributed by atoms with E-state index in [0.29, 0.717) is 35.1 Å². The molecule has 5 heteroatoms. The summed E-state index contributed by atoms with van der Waals surface area (Å²) in [5.41, 5.74) is 0.963. The predicted octanol–water partition coefficient (Wildman–Crippen LogP) is 3.36. The van der Waals surface area contributed by atoms with Gasteiger partial charge in [0.1, 0.15) is 12.4 Å². The summed E-state index contributed by atoms with van der Waals surface area (Å²) in [6.45, 7) is 0.819. The van der Waals surface area contributed by atoms with E-state index in [2.05, 4.69) is 0 Å². The summed E-state index contributed by atoms with van der Waals surface area (Å²) in [5, 5.41) is 9.52. The van der Waals surface area contributed by atoms with Crippen LogP contribution in [0.15, 0.2) is 48.5 Å². The molecule has 0 aliphatic rings. The predicted molar refractivity (Wildman–Crippen MR) is 85.1 cm³/mol. The van der Waals surface area contributed by atoms with Gasteiger partial charge in [0, 0.05) is 17.6 Å². The zero-order valence-corrected chi connectivity index (χ0v) is 12.9. The number of hydrogen-bond acceptors (Lipinski definition) is 3. The molecule has 0 bridgehead atoms. The van der Waals surface area contributed by atoms with Gasteiger partial charge in [0.15, 0.2) is 0 Å². The van der Waals surface area contributed by atoms with E-state index in [1.54, 1.807) is 60.5 Å². The Morgan fingerprint density at radius 1 is 1.27 bits per heavy atom. The van der Waals surface area contributed by atoms with Crippen molar-refractivity contribution >= 4 is 17.5 Å². The van der Waals surface area contributed by atoms with Gasteiger partial charge in [-0.2, -0.15) is 5.26 Å². The van der Waals surface area contributed by atoms with Gasteiger partial charge >= 0.3 is 0 Å². The smallest absolute Gasteiger partial charge is 0.253 e. The van der Waals surface area contributed by atoms with Crippen LogP contribution >= 0.6 is 11.6 Å². The molecule has 112 valence electrons. The van der Waals surface area contributed by atoms with Gasteiger partial charge in [-0.1, -0.05) is 17.7 Å². The number of ether oxygens (including phenoxy) is 1. The van der Waals surface area contributed by atoms with E-state index in [1.165, 1.54) is 0 Å². The van der Waals surface area contributed by atoms with Crippen molar-refractivity contribution in [2.75, 3.05) is 20.2 Å². The minimum Gasteiger partial charge on any atom is -0.492 e. The molecule has 0 atom stereocenters. The van der Waals surface area contributed by atoms with E-state index in [1.807, 2.05) is 6.07 Å². The summed E-state index contributed by atoms with van der Waals surface area (Å²) >= 11 is 5.80. The van der Waals surface area contributed by atoms with E-state index in [-0.39, 0.29) is 5.91 Å². The van der Waals surface area contributed by atoms with Crippen LogP contribution in [0.1, 0.15) is 15.9 Å². The molecule has 0 aliphatic heterocycles. The second kappa shape index (κ2) is 7.48. The molecule has 0 N–H and O–H groups in total. The molecule has 0 fully saturated rings. The number of carbonyl (C=O) groups excluding carboxylic acids is 1. The van der Waals surface area contributed by atoms with Crippen molar-refractivity contribution in [3.8, 4) is 11.8 Å². The van der Waals surface area contributed by atoms with Crippen LogP contribution in [0.25, 0.3) is 0 Å². The third kappa shape index (κ3) is 4.24. The second-order valence-corrected chi connectivity index (χ2v) is 5.16. The van der Waals surface area contributed by atoms with Crippen LogP contribution in [-0.4, -0.2) is 31.0 Å². The highest BCUT2D eigenvalue weighted by molar-refractivity contribution is 6.30. The quantitative estimate of drug-likeness (QED) is 0.850. The number of carbonyl (C=O) groups is 1. The first-order valence-electron chi connectivity index (χ1n) is 6.74. The van der Waals surface area contributed by atoms with Crippen LogP contribution in [0.2, 0.25) is 5.02 Å². The molecule has 0 aliphatic carbocycles. The van der Waals surface area contributed by atoms with Crippen molar-refractivity contribution in [2.45, 2.75) is 0 Å². The van der Waals surface area contributed by atoms with Crippen molar-refractivity contribution in [2.24, 2.45) is 0 Å². The first-order chi connectivity index (χ1) is 10.6. The van der Waals surface area contributed by atoms with Crippen LogP contribution in [-0.2, 0) is 0 Å². The summed E-state index contributed by atoms with van der Waals surface area (Å²) in [6, 6.07) is 15.7. The fraction of sp³-hybridized carbons (Fsp3) is 0.176. The summed E-state index contributed by atoms with van der Waals surface area (Å²) < 4.78 is 5.56. The largest absolute Gasteiger partial charge is 0.492 e. The molecule has 0 heterocycles. The van der Waals surface area contributed by atoms with Gasteiger partial charge in [-0.15, -0.1) is 0 Å². The molecular weight excluding hydrogens is 300 g/mol. The number of likely N-dealkylation sites (N-methyl/N-ethyl adjacent to an activating group) is 1. The SMILES string of the molecule is CN(CCOc1ccc(Cl)cc1)C(=O)c1cccc(C#N)c1. The second-order valence-electron chi connectivity index (χ2n) is 4.72. The molecule has 0 aromatic heterocycles. The van der Waals surface area contributed by atoms with Crippen molar-refractivity contribution in [1.29, 1.82) is 5.26 Å². The first-order valence-corrected chi connectivity index (χ1v) is 7.12. The highest BCUT2D eigenvalue weighted by atomic mass is 35.5. The highest BCUT2D eigenvalue weighted by Crippen LogP contribution is 2.15. The Bertz CT molecular complexity index is 693. The maximum atomic E-state index is 12.2. The van der Waals surface area contributed by atoms with Crippen molar-refractivity contribution in [1.82, 2.24) is 4.90 Å². The first kappa shape index (κ1) is 15.9. The Balaban J connectivity index is 1.88. The molecule has 1 amide bonds. The minimum absolute atomic E-state index is 0.142. The van der Waals surface area contributed by atoms with Gasteiger partial charge in [0.2, 0.25) is 0 Å². The molecular formula is C17H15ClN2O2. The molecule has 2 aromatic carbocycles. The summed E-state index contributed by atoms with van der Waals surface area (Å²) in [5.74, 6) is 0.563. The van der Waals surface area contributed by atoms with Crippen LogP contribution in [0, 0.1) is 11.3 Å². The fourth-order valence-corrected chi connectivity index (χ4v) is 2.00. The average molecular weight is 315 g/mol. The lowest BCUT2D eigenvalue weighted by Gasteiger charge is -2.17. The van der Waals surface area contributed by atoms with E-state index >= 15 is 0 Å². The van der Waals surface area contributed by atoms with Gasteiger partial charge in [0.25, 0.3) is 5.91 Å². The van der Waals surface area contributed by atoms with Crippen molar-refractivity contribution in [3.63, 3.8) is 0 Å². The number of benzene rings is 2. The summed E-state index contributed by atoms with van der Waals surface area (Å²) in [4.78, 5) is 13.8. The Morgan fingerprint density at radius 2 is 2.00 bits per heavy atom. The Labute approximate surface area is 134 Å². The molecule has 2 aromatic rings. The van der Waals surface area contributed by atoms with E-state index < -0.39 is 0 Å². The lowest BCUT2D eigenvalue weighted by Crippen LogP contribution is -2.30. The zero-order chi connectivity index (χ0) is 15.9. The number of hydrogen-bond donors (Lipinski definition) is 0. The Morgan fingerprint density at radius 3 is 2.68 bits per heavy atom. The maximum Gasteiger partial charge on any atom is 0.253 e. The van der Waals surface area contributed by atoms with Gasteiger partial charge in [-0.25, -0.2) is 0 Å². The fourth-order valence-electron chi connectivity index (χ4n) is 1.87.